The minimum absolute atomic E-state index is 0.232. The van der Waals surface area contributed by atoms with Gasteiger partial charge in [-0.2, -0.15) is 0 Å². The third-order valence-electron chi connectivity index (χ3n) is 22.8. The highest BCUT2D eigenvalue weighted by atomic mass is 16.8. The van der Waals surface area contributed by atoms with Gasteiger partial charge in [0.2, 0.25) is 5.91 Å². The van der Waals surface area contributed by atoms with E-state index in [1.54, 1.807) is 6.08 Å². The lowest BCUT2D eigenvalue weighted by Crippen LogP contribution is -2.66. The molecular weight excluding hydrogens is 1460 g/mol. The molecule has 3 saturated heterocycles. The summed E-state index contributed by atoms with van der Waals surface area (Å²) in [6.07, 6.45) is 77.2. The van der Waals surface area contributed by atoms with Crippen molar-refractivity contribution in [2.45, 2.75) is 478 Å². The first-order valence-electron chi connectivity index (χ1n) is 47.0. The number of unbranched alkanes of at least 4 members (excludes halogenated alkanes) is 46. The zero-order chi connectivity index (χ0) is 83.1. The van der Waals surface area contributed by atoms with Crippen molar-refractivity contribution >= 4 is 5.91 Å². The first kappa shape index (κ1) is 106. The van der Waals surface area contributed by atoms with E-state index in [-0.39, 0.29) is 18.9 Å². The molecule has 17 atom stereocenters. The van der Waals surface area contributed by atoms with Gasteiger partial charge < -0.3 is 89.9 Å². The number of aliphatic hydroxyl groups is 11. The Bertz CT molecular complexity index is 2450. The van der Waals surface area contributed by atoms with E-state index >= 15 is 0 Å². The third-order valence-corrected chi connectivity index (χ3v) is 22.8. The minimum Gasteiger partial charge on any atom is -0.394 e. The number of ether oxygens (including phenoxy) is 6. The molecule has 0 aliphatic carbocycles. The number of hydrogen-bond donors (Lipinski definition) is 12. The molecule has 3 aliphatic rings. The van der Waals surface area contributed by atoms with Crippen LogP contribution in [0.2, 0.25) is 0 Å². The van der Waals surface area contributed by atoms with Crippen LogP contribution in [0, 0.1) is 0 Å². The molecule has 17 unspecified atom stereocenters. The number of nitrogens with one attached hydrogen (secondary N) is 1. The summed E-state index contributed by atoms with van der Waals surface area (Å²) in [7, 11) is 0. The second-order valence-corrected chi connectivity index (χ2v) is 33.1. The second-order valence-electron chi connectivity index (χ2n) is 33.1. The van der Waals surface area contributed by atoms with E-state index in [1.807, 2.05) is 6.08 Å². The summed E-state index contributed by atoms with van der Waals surface area (Å²) in [5.41, 5.74) is 0. The number of allylic oxidation sites excluding steroid dienone is 15. The molecule has 3 aliphatic heterocycles. The van der Waals surface area contributed by atoms with Gasteiger partial charge in [0.05, 0.1) is 38.6 Å². The Kier molecular flexibility index (Phi) is 68.6. The highest BCUT2D eigenvalue weighted by Gasteiger charge is 2.54. The lowest BCUT2D eigenvalue weighted by Gasteiger charge is -2.48. The molecule has 115 heavy (non-hydrogen) atoms. The highest BCUT2D eigenvalue weighted by molar-refractivity contribution is 5.76. The van der Waals surface area contributed by atoms with Gasteiger partial charge in [-0.05, 0) is 89.9 Å². The van der Waals surface area contributed by atoms with Crippen molar-refractivity contribution in [3.8, 4) is 0 Å². The van der Waals surface area contributed by atoms with Gasteiger partial charge in [-0.1, -0.05) is 374 Å². The van der Waals surface area contributed by atoms with E-state index in [0.717, 1.165) is 77.0 Å². The van der Waals surface area contributed by atoms with E-state index in [4.69, 9.17) is 28.4 Å². The minimum atomic E-state index is -1.99. The van der Waals surface area contributed by atoms with Crippen LogP contribution in [-0.2, 0) is 33.2 Å². The van der Waals surface area contributed by atoms with Crippen LogP contribution in [0.3, 0.4) is 0 Å². The first-order valence-corrected chi connectivity index (χ1v) is 47.0. The molecular formula is C96H171NO18. The highest BCUT2D eigenvalue weighted by Crippen LogP contribution is 2.34. The summed E-state index contributed by atoms with van der Waals surface area (Å²) in [5.74, 6) is -0.284. The number of hydrogen-bond acceptors (Lipinski definition) is 18. The van der Waals surface area contributed by atoms with Crippen LogP contribution in [-0.4, -0.2) is 193 Å². The van der Waals surface area contributed by atoms with E-state index in [0.29, 0.717) is 12.8 Å². The number of carbonyl (C=O) groups is 1. The molecule has 3 rings (SSSR count). The van der Waals surface area contributed by atoms with E-state index in [1.165, 1.54) is 263 Å². The van der Waals surface area contributed by atoms with Crippen LogP contribution in [0.25, 0.3) is 0 Å². The number of carbonyl (C=O) groups excluding carboxylic acids is 1. The van der Waals surface area contributed by atoms with Crippen LogP contribution >= 0.6 is 0 Å². The molecule has 12 N–H and O–H groups in total. The third kappa shape index (κ3) is 52.6. The lowest BCUT2D eigenvalue weighted by molar-refractivity contribution is -0.379. The zero-order valence-electron chi connectivity index (χ0n) is 72.3. The molecule has 0 spiro atoms. The number of rotatable bonds is 76. The van der Waals surface area contributed by atoms with Crippen molar-refractivity contribution in [3.63, 3.8) is 0 Å². The van der Waals surface area contributed by atoms with Gasteiger partial charge in [0, 0.05) is 6.42 Å². The van der Waals surface area contributed by atoms with Crippen LogP contribution in [0.1, 0.15) is 373 Å². The van der Waals surface area contributed by atoms with Crippen LogP contribution in [0.15, 0.2) is 97.2 Å². The van der Waals surface area contributed by atoms with Gasteiger partial charge in [-0.15, -0.1) is 0 Å². The van der Waals surface area contributed by atoms with Crippen LogP contribution in [0.5, 0.6) is 0 Å². The summed E-state index contributed by atoms with van der Waals surface area (Å²) in [6.45, 7) is 1.65. The van der Waals surface area contributed by atoms with E-state index < -0.39 is 124 Å². The maximum atomic E-state index is 13.5. The average Bonchev–Trinajstić information content (AvgIpc) is 0.778. The predicted octanol–water partition coefficient (Wildman–Crippen LogP) is 18.6. The fourth-order valence-electron chi connectivity index (χ4n) is 15.4. The van der Waals surface area contributed by atoms with Gasteiger partial charge in [-0.3, -0.25) is 4.79 Å². The molecule has 0 aromatic rings. The fraction of sp³-hybridized carbons (Fsp3) is 0.823. The molecule has 0 bridgehead atoms. The topological polar surface area (TPSA) is 307 Å². The van der Waals surface area contributed by atoms with Gasteiger partial charge in [0.25, 0.3) is 0 Å². The van der Waals surface area contributed by atoms with Crippen molar-refractivity contribution < 1.29 is 89.4 Å². The second kappa shape index (κ2) is 74.5. The van der Waals surface area contributed by atoms with Gasteiger partial charge >= 0.3 is 0 Å². The first-order chi connectivity index (χ1) is 56.3. The fourth-order valence-corrected chi connectivity index (χ4v) is 15.4. The van der Waals surface area contributed by atoms with E-state index in [2.05, 4.69) is 104 Å². The zero-order valence-corrected chi connectivity index (χ0v) is 72.3. The number of aliphatic hydroxyl groups excluding tert-OH is 11. The van der Waals surface area contributed by atoms with Crippen molar-refractivity contribution in [1.82, 2.24) is 5.32 Å². The molecule has 19 heteroatoms. The van der Waals surface area contributed by atoms with Crippen molar-refractivity contribution in [1.29, 1.82) is 0 Å². The van der Waals surface area contributed by atoms with Gasteiger partial charge in [0.15, 0.2) is 18.9 Å². The molecule has 3 fully saturated rings. The number of amides is 1. The molecule has 1 amide bonds. The molecule has 0 aromatic heterocycles. The standard InChI is InChI=1S/C96H171NO18/c1-3-5-7-9-11-13-15-17-19-21-23-25-27-29-31-33-34-35-36-37-38-39-40-41-42-43-44-46-48-50-52-54-56-58-60-62-64-66-68-70-72-74-84(102)97-79(80(101)73-71-69-67-65-63-61-59-57-55-53-51-49-47-45-32-30-28-26-24-22-20-18-16-14-12-10-8-6-4-2)78-110-94-90(108)87(105)92(82(76-99)112-94)115-96-91(109)88(106)93(83(77-100)113-96)114-95-89(107)86(104)85(103)81(75-98)111-95/h5,7,11,13,17,19,23,25,29,31,55,57,63,65,71,73,79-83,85-96,98-101,103-109H,3-4,6,8-10,12,14-16,18,20-22,24,26-28,30,32-54,56,58-62,64,66-70,72,74-78H2,1-2H3,(H,97,102)/b7-5-,13-11-,19-17-,25-23-,31-29-,57-55+,65-63+,73-71+. The Morgan fingerprint density at radius 1 is 0.322 bits per heavy atom. The Morgan fingerprint density at radius 2 is 0.609 bits per heavy atom. The Balaban J connectivity index is 1.31. The summed E-state index contributed by atoms with van der Waals surface area (Å²) < 4.78 is 34.5. The average molecular weight is 1630 g/mol. The maximum absolute atomic E-state index is 13.5. The predicted molar refractivity (Wildman–Crippen MR) is 466 cm³/mol. The van der Waals surface area contributed by atoms with Crippen LogP contribution in [0.4, 0.5) is 0 Å². The molecule has 0 saturated carbocycles. The SMILES string of the molecule is CC/C=C\C/C=C\C/C=C\C/C=C\C/C=C\CCCCCCCCCCCCCCCCCCCCCCCCCCCC(=O)NC(COC1OC(CO)C(OC2OC(CO)C(OC3OC(CO)C(O)C(O)C3O)C(O)C2O)C(O)C1O)C(O)/C=C/CC/C=C/CC/C=C/CCCCCCCCCCCCCCCCCCCCC. The maximum Gasteiger partial charge on any atom is 0.220 e. The summed E-state index contributed by atoms with van der Waals surface area (Å²) in [6, 6.07) is -1.00. The molecule has 19 nitrogen and oxygen atoms in total. The largest absolute Gasteiger partial charge is 0.394 e. The van der Waals surface area contributed by atoms with Crippen molar-refractivity contribution in [2.75, 3.05) is 26.4 Å². The van der Waals surface area contributed by atoms with Crippen LogP contribution < -0.4 is 5.32 Å². The molecule has 0 aromatic carbocycles. The Morgan fingerprint density at radius 3 is 0.974 bits per heavy atom. The van der Waals surface area contributed by atoms with E-state index in [9.17, 15) is 61.0 Å². The summed E-state index contributed by atoms with van der Waals surface area (Å²) in [5, 5.41) is 121. The lowest BCUT2D eigenvalue weighted by atomic mass is 9.96. The quantitative estimate of drug-likeness (QED) is 0.0199. The van der Waals surface area contributed by atoms with Crippen molar-refractivity contribution in [2.24, 2.45) is 0 Å². The normalized spacial score (nSPS) is 25.0. The van der Waals surface area contributed by atoms with Gasteiger partial charge in [-0.25, -0.2) is 0 Å². The summed E-state index contributed by atoms with van der Waals surface area (Å²) >= 11 is 0. The summed E-state index contributed by atoms with van der Waals surface area (Å²) in [4.78, 5) is 13.5. The molecule has 668 valence electrons. The molecule has 3 heterocycles. The Hall–Kier alpha value is -3.29. The molecule has 0 radical (unpaired) electrons. The van der Waals surface area contributed by atoms with Crippen molar-refractivity contribution in [3.05, 3.63) is 97.2 Å². The Labute approximate surface area is 698 Å². The smallest absolute Gasteiger partial charge is 0.220 e. The monoisotopic (exact) mass is 1630 g/mol. The van der Waals surface area contributed by atoms with Gasteiger partial charge in [0.1, 0.15) is 73.2 Å².